The first-order chi connectivity index (χ1) is 8.65. The van der Waals surface area contributed by atoms with E-state index in [1.54, 1.807) is 0 Å². The van der Waals surface area contributed by atoms with E-state index in [0.29, 0.717) is 17.5 Å². The smallest absolute Gasteiger partial charge is 0.221 e. The second-order valence-electron chi connectivity index (χ2n) is 4.82. The van der Waals surface area contributed by atoms with E-state index < -0.39 is 0 Å². The van der Waals surface area contributed by atoms with E-state index in [2.05, 4.69) is 10.6 Å². The van der Waals surface area contributed by atoms with Gasteiger partial charge in [0.1, 0.15) is 0 Å². The molecule has 1 aliphatic rings. The average Bonchev–Trinajstić information content (AvgIpc) is 3.13. The Hall–Kier alpha value is -1.06. The van der Waals surface area contributed by atoms with Crippen molar-refractivity contribution in [2.75, 3.05) is 6.54 Å². The number of carbonyl (C=O) groups is 1. The predicted octanol–water partition coefficient (Wildman–Crippen LogP) is 2.66. The van der Waals surface area contributed by atoms with Crippen LogP contribution in [-0.4, -0.2) is 18.5 Å². The van der Waals surface area contributed by atoms with Crippen molar-refractivity contribution in [3.8, 4) is 0 Å². The molecule has 1 aromatic carbocycles. The van der Waals surface area contributed by atoms with Crippen LogP contribution < -0.4 is 10.6 Å². The summed E-state index contributed by atoms with van der Waals surface area (Å²) in [6.07, 6.45) is 3.04. The Morgan fingerprint density at radius 3 is 2.67 bits per heavy atom. The Labute approximate surface area is 113 Å². The van der Waals surface area contributed by atoms with Gasteiger partial charge in [0.2, 0.25) is 5.91 Å². The van der Waals surface area contributed by atoms with Crippen molar-refractivity contribution in [2.24, 2.45) is 0 Å². The van der Waals surface area contributed by atoms with E-state index in [-0.39, 0.29) is 11.9 Å². The van der Waals surface area contributed by atoms with Crippen molar-refractivity contribution in [2.45, 2.75) is 38.3 Å². The van der Waals surface area contributed by atoms with Crippen LogP contribution in [0.2, 0.25) is 5.02 Å². The van der Waals surface area contributed by atoms with Crippen molar-refractivity contribution in [1.82, 2.24) is 10.6 Å². The molecule has 0 heterocycles. The maximum Gasteiger partial charge on any atom is 0.221 e. The zero-order valence-corrected chi connectivity index (χ0v) is 11.3. The minimum absolute atomic E-state index is 0.0238. The molecule has 0 saturated heterocycles. The predicted molar refractivity (Wildman–Crippen MR) is 73.7 cm³/mol. The minimum Gasteiger partial charge on any atom is -0.350 e. The van der Waals surface area contributed by atoms with Crippen LogP contribution in [0.3, 0.4) is 0 Å². The topological polar surface area (TPSA) is 41.1 Å². The van der Waals surface area contributed by atoms with Crippen LogP contribution in [0.4, 0.5) is 0 Å². The summed E-state index contributed by atoms with van der Waals surface area (Å²) in [6, 6.07) is 8.25. The number of nitrogens with one attached hydrogen (secondary N) is 2. The van der Waals surface area contributed by atoms with Gasteiger partial charge in [0.25, 0.3) is 0 Å². The zero-order valence-electron chi connectivity index (χ0n) is 10.6. The summed E-state index contributed by atoms with van der Waals surface area (Å²) in [7, 11) is 0. The molecule has 0 bridgehead atoms. The maximum absolute atomic E-state index is 11.7. The molecule has 1 aromatic rings. The SMILES string of the molecule is C[C@H](NC(=O)CCNC1CC1)c1ccc(Cl)cc1. The molecule has 4 heteroatoms. The van der Waals surface area contributed by atoms with E-state index >= 15 is 0 Å². The van der Waals surface area contributed by atoms with Crippen molar-refractivity contribution < 1.29 is 4.79 Å². The lowest BCUT2D eigenvalue weighted by atomic mass is 10.1. The fourth-order valence-electron chi connectivity index (χ4n) is 1.83. The van der Waals surface area contributed by atoms with Crippen LogP contribution >= 0.6 is 11.6 Å². The number of amides is 1. The third kappa shape index (κ3) is 4.31. The standard InChI is InChI=1S/C14H19ClN2O/c1-10(11-2-4-12(15)5-3-11)17-14(18)8-9-16-13-6-7-13/h2-5,10,13,16H,6-9H2,1H3,(H,17,18)/t10-/m0/s1. The lowest BCUT2D eigenvalue weighted by Crippen LogP contribution is -2.30. The van der Waals surface area contributed by atoms with Gasteiger partial charge in [-0.1, -0.05) is 23.7 Å². The molecule has 0 aromatic heterocycles. The van der Waals surface area contributed by atoms with Crippen molar-refractivity contribution in [3.05, 3.63) is 34.9 Å². The molecule has 0 aliphatic heterocycles. The molecule has 0 spiro atoms. The van der Waals surface area contributed by atoms with Gasteiger partial charge in [0.05, 0.1) is 6.04 Å². The molecule has 0 unspecified atom stereocenters. The second-order valence-corrected chi connectivity index (χ2v) is 5.26. The van der Waals surface area contributed by atoms with Gasteiger partial charge < -0.3 is 10.6 Å². The molecule has 1 atom stereocenters. The van der Waals surface area contributed by atoms with Crippen molar-refractivity contribution in [1.29, 1.82) is 0 Å². The highest BCUT2D eigenvalue weighted by Crippen LogP contribution is 2.18. The van der Waals surface area contributed by atoms with Gasteiger partial charge in [-0.3, -0.25) is 4.79 Å². The summed E-state index contributed by atoms with van der Waals surface area (Å²) in [5.74, 6) is 0.0885. The van der Waals surface area contributed by atoms with E-state index in [1.807, 2.05) is 31.2 Å². The third-order valence-electron chi connectivity index (χ3n) is 3.11. The van der Waals surface area contributed by atoms with E-state index in [9.17, 15) is 4.79 Å². The maximum atomic E-state index is 11.7. The first-order valence-corrected chi connectivity index (χ1v) is 6.81. The highest BCUT2D eigenvalue weighted by Gasteiger charge is 2.20. The molecule has 0 radical (unpaired) electrons. The highest BCUT2D eigenvalue weighted by atomic mass is 35.5. The molecule has 98 valence electrons. The van der Waals surface area contributed by atoms with E-state index in [1.165, 1.54) is 12.8 Å². The highest BCUT2D eigenvalue weighted by molar-refractivity contribution is 6.30. The van der Waals surface area contributed by atoms with Crippen LogP contribution in [0.5, 0.6) is 0 Å². The van der Waals surface area contributed by atoms with Gasteiger partial charge in [-0.2, -0.15) is 0 Å². The first-order valence-electron chi connectivity index (χ1n) is 6.43. The summed E-state index contributed by atoms with van der Waals surface area (Å²) in [5.41, 5.74) is 1.07. The van der Waals surface area contributed by atoms with Gasteiger partial charge in [-0.25, -0.2) is 0 Å². The Morgan fingerprint density at radius 1 is 1.39 bits per heavy atom. The normalized spacial score (nSPS) is 16.3. The van der Waals surface area contributed by atoms with Crippen LogP contribution in [0.1, 0.15) is 37.8 Å². The fourth-order valence-corrected chi connectivity index (χ4v) is 1.95. The number of rotatable bonds is 6. The fraction of sp³-hybridized carbons (Fsp3) is 0.500. The van der Waals surface area contributed by atoms with Crippen molar-refractivity contribution in [3.63, 3.8) is 0 Å². The summed E-state index contributed by atoms with van der Waals surface area (Å²) >= 11 is 5.83. The Balaban J connectivity index is 1.73. The van der Waals surface area contributed by atoms with Crippen LogP contribution in [0.15, 0.2) is 24.3 Å². The van der Waals surface area contributed by atoms with Crippen LogP contribution in [-0.2, 0) is 4.79 Å². The van der Waals surface area contributed by atoms with Gasteiger partial charge >= 0.3 is 0 Å². The number of benzene rings is 1. The minimum atomic E-state index is 0.0238. The summed E-state index contributed by atoms with van der Waals surface area (Å²) in [5, 5.41) is 7.03. The molecule has 1 fully saturated rings. The molecule has 1 saturated carbocycles. The summed E-state index contributed by atoms with van der Waals surface area (Å²) in [6.45, 7) is 2.75. The van der Waals surface area contributed by atoms with Gasteiger partial charge in [-0.15, -0.1) is 0 Å². The molecule has 1 amide bonds. The molecular weight excluding hydrogens is 248 g/mol. The molecule has 2 N–H and O–H groups in total. The molecule has 18 heavy (non-hydrogen) atoms. The van der Waals surface area contributed by atoms with E-state index in [4.69, 9.17) is 11.6 Å². The average molecular weight is 267 g/mol. The van der Waals surface area contributed by atoms with Gasteiger partial charge in [0, 0.05) is 24.0 Å². The Morgan fingerprint density at radius 2 is 2.06 bits per heavy atom. The summed E-state index contributed by atoms with van der Waals surface area (Å²) < 4.78 is 0. The van der Waals surface area contributed by atoms with Crippen LogP contribution in [0, 0.1) is 0 Å². The summed E-state index contributed by atoms with van der Waals surface area (Å²) in [4.78, 5) is 11.7. The Bertz CT molecular complexity index is 401. The van der Waals surface area contributed by atoms with Crippen LogP contribution in [0.25, 0.3) is 0 Å². The monoisotopic (exact) mass is 266 g/mol. The molecule has 3 nitrogen and oxygen atoms in total. The second kappa shape index (κ2) is 6.21. The molecular formula is C14H19ClN2O. The number of carbonyl (C=O) groups excluding carboxylic acids is 1. The van der Waals surface area contributed by atoms with Gasteiger partial charge in [0.15, 0.2) is 0 Å². The molecule has 1 aliphatic carbocycles. The van der Waals surface area contributed by atoms with Crippen molar-refractivity contribution >= 4 is 17.5 Å². The largest absolute Gasteiger partial charge is 0.350 e. The molecule has 2 rings (SSSR count). The van der Waals surface area contributed by atoms with Gasteiger partial charge in [-0.05, 0) is 37.5 Å². The lowest BCUT2D eigenvalue weighted by Gasteiger charge is -2.14. The number of halogens is 1. The quantitative estimate of drug-likeness (QED) is 0.831. The lowest BCUT2D eigenvalue weighted by molar-refractivity contribution is -0.121. The first kappa shape index (κ1) is 13.4. The third-order valence-corrected chi connectivity index (χ3v) is 3.36. The van der Waals surface area contributed by atoms with E-state index in [0.717, 1.165) is 12.1 Å². The number of hydrogen-bond donors (Lipinski definition) is 2. The number of hydrogen-bond acceptors (Lipinski definition) is 2. The Kier molecular flexibility index (Phi) is 4.61. The zero-order chi connectivity index (χ0) is 13.0.